The summed E-state index contributed by atoms with van der Waals surface area (Å²) >= 11 is 0. The van der Waals surface area contributed by atoms with Crippen molar-refractivity contribution in [3.05, 3.63) is 11.8 Å². The molecule has 18 nitrogen and oxygen atoms in total. The van der Waals surface area contributed by atoms with E-state index in [-0.39, 0.29) is 38.6 Å². The highest BCUT2D eigenvalue weighted by molar-refractivity contribution is 5.81. The first kappa shape index (κ1) is 37.3. The van der Waals surface area contributed by atoms with E-state index in [1.807, 2.05) is 6.08 Å². The molecule has 45 heavy (non-hydrogen) atoms. The average Bonchev–Trinajstić information content (AvgIpc) is 2.97. The number of hydrogen-bond acceptors (Lipinski definition) is 15. The normalized spacial score (nSPS) is 38.4. The predicted molar refractivity (Wildman–Crippen MR) is 162 cm³/mol. The fraction of sp³-hybridized carbons (Fsp3) is 0.852. The molecule has 3 aliphatic rings. The first-order valence-electron chi connectivity index (χ1n) is 15.2. The Morgan fingerprint density at radius 1 is 1.27 bits per heavy atom. The molecule has 2 aliphatic heterocycles. The van der Waals surface area contributed by atoms with Crippen LogP contribution < -0.4 is 44.2 Å². The van der Waals surface area contributed by atoms with Gasteiger partial charge in [0, 0.05) is 37.1 Å². The highest BCUT2D eigenvalue weighted by Crippen LogP contribution is 2.36. The van der Waals surface area contributed by atoms with Crippen LogP contribution in [0.3, 0.4) is 0 Å². The summed E-state index contributed by atoms with van der Waals surface area (Å²) in [5, 5.41) is 71.6. The minimum Gasteiger partial charge on any atom is -0.492 e. The molecule has 260 valence electrons. The lowest BCUT2D eigenvalue weighted by atomic mass is 9.72. The summed E-state index contributed by atoms with van der Waals surface area (Å²) < 4.78 is 18.1. The van der Waals surface area contributed by atoms with Gasteiger partial charge < -0.3 is 83.9 Å². The van der Waals surface area contributed by atoms with Crippen molar-refractivity contribution in [2.45, 2.75) is 98.8 Å². The standard InChI is InChI=1S/C27H53N9O9/c1-27(42)11-43-25(20(40)23(27)33-2)45-22-16(36-24(41)17(38)5-6-35-26(31)32)7-15(30)18(19(22)39)21-14(29)4-3-13(44-21)9-34-8-12(28)10-37/h3,12,14-23,25,33-34,37-40,42H,4-11,28-30H2,1-2H3,(H,36,41)(H4,31,32,35)/t12?,14-,15+,16-,17+,18?,19+,20-,21+,22+,23-,25-,27+/m1/s1. The summed E-state index contributed by atoms with van der Waals surface area (Å²) in [6.45, 7) is 1.85. The van der Waals surface area contributed by atoms with Crippen LogP contribution in [-0.4, -0.2) is 150 Å². The zero-order valence-corrected chi connectivity index (χ0v) is 25.8. The quantitative estimate of drug-likeness (QED) is 0.0616. The number of guanidine groups is 1. The number of nitrogens with two attached hydrogens (primary N) is 4. The number of nitrogens with one attached hydrogen (secondary N) is 5. The summed E-state index contributed by atoms with van der Waals surface area (Å²) in [6.07, 6.45) is -5.19. The molecule has 1 saturated carbocycles. The number of aliphatic hydroxyl groups excluding tert-OH is 4. The van der Waals surface area contributed by atoms with E-state index in [1.54, 1.807) is 7.05 Å². The molecule has 1 aliphatic carbocycles. The summed E-state index contributed by atoms with van der Waals surface area (Å²) in [7, 11) is 1.57. The first-order chi connectivity index (χ1) is 21.2. The van der Waals surface area contributed by atoms with Gasteiger partial charge in [-0.15, -0.1) is 0 Å². The molecule has 2 unspecified atom stereocenters. The highest BCUT2D eigenvalue weighted by atomic mass is 16.7. The fourth-order valence-corrected chi connectivity index (χ4v) is 6.16. The third-order valence-corrected chi connectivity index (χ3v) is 8.59. The number of likely N-dealkylation sites (N-methyl/N-ethyl adjacent to an activating group) is 1. The Labute approximate surface area is 262 Å². The third kappa shape index (κ3) is 9.66. The number of rotatable bonds is 14. The van der Waals surface area contributed by atoms with Crippen molar-refractivity contribution in [2.75, 3.05) is 39.9 Å². The lowest BCUT2D eigenvalue weighted by Crippen LogP contribution is -2.69. The predicted octanol–water partition coefficient (Wildman–Crippen LogP) is -6.24. The molecule has 0 aromatic rings. The molecule has 0 bridgehead atoms. The molecule has 2 heterocycles. The largest absolute Gasteiger partial charge is 0.492 e. The molecule has 18 N–H and O–H groups in total. The number of carbonyl (C=O) groups excluding carboxylic acids is 1. The molecular formula is C27H53N9O9. The molecule has 0 aromatic carbocycles. The average molecular weight is 648 g/mol. The number of carbonyl (C=O) groups is 1. The van der Waals surface area contributed by atoms with Crippen LogP contribution in [0, 0.1) is 11.3 Å². The summed E-state index contributed by atoms with van der Waals surface area (Å²) in [5.41, 5.74) is 22.7. The van der Waals surface area contributed by atoms with Crippen molar-refractivity contribution < 1.29 is 44.5 Å². The van der Waals surface area contributed by atoms with E-state index in [0.29, 0.717) is 25.3 Å². The Hall–Kier alpha value is -2.20. The van der Waals surface area contributed by atoms with Crippen molar-refractivity contribution in [1.82, 2.24) is 21.3 Å². The van der Waals surface area contributed by atoms with Gasteiger partial charge in [0.1, 0.15) is 35.8 Å². The van der Waals surface area contributed by atoms with Gasteiger partial charge in [-0.1, -0.05) is 0 Å². The molecule has 3 rings (SSSR count). The van der Waals surface area contributed by atoms with E-state index in [4.69, 9.17) is 42.6 Å². The van der Waals surface area contributed by atoms with Gasteiger partial charge in [-0.2, -0.15) is 0 Å². The maximum atomic E-state index is 13.0. The van der Waals surface area contributed by atoms with Gasteiger partial charge in [-0.05, 0) is 39.3 Å². The van der Waals surface area contributed by atoms with Gasteiger partial charge in [0.05, 0.1) is 37.9 Å². The maximum absolute atomic E-state index is 13.0. The van der Waals surface area contributed by atoms with Crippen molar-refractivity contribution in [1.29, 1.82) is 5.41 Å². The van der Waals surface area contributed by atoms with Crippen LogP contribution in [-0.2, 0) is 19.0 Å². The van der Waals surface area contributed by atoms with Gasteiger partial charge in [0.25, 0.3) is 0 Å². The Balaban J connectivity index is 1.81. The number of amides is 1. The van der Waals surface area contributed by atoms with E-state index in [1.165, 1.54) is 6.92 Å². The van der Waals surface area contributed by atoms with E-state index < -0.39 is 84.4 Å². The van der Waals surface area contributed by atoms with Gasteiger partial charge in [-0.25, -0.2) is 0 Å². The number of ether oxygens (including phenoxy) is 3. The van der Waals surface area contributed by atoms with Crippen molar-refractivity contribution in [2.24, 2.45) is 28.9 Å². The molecular weight excluding hydrogens is 594 g/mol. The van der Waals surface area contributed by atoms with E-state index in [2.05, 4.69) is 21.3 Å². The van der Waals surface area contributed by atoms with Crippen LogP contribution in [0.25, 0.3) is 0 Å². The second-order valence-corrected chi connectivity index (χ2v) is 12.3. The fourth-order valence-electron chi connectivity index (χ4n) is 6.16. The smallest absolute Gasteiger partial charge is 0.249 e. The van der Waals surface area contributed by atoms with Crippen molar-refractivity contribution in [3.8, 4) is 0 Å². The first-order valence-corrected chi connectivity index (χ1v) is 15.2. The minimum atomic E-state index is -1.47. The van der Waals surface area contributed by atoms with Crippen LogP contribution >= 0.6 is 0 Å². The van der Waals surface area contributed by atoms with Gasteiger partial charge in [0.2, 0.25) is 5.91 Å². The maximum Gasteiger partial charge on any atom is 0.249 e. The molecule has 2 fully saturated rings. The zero-order valence-electron chi connectivity index (χ0n) is 25.8. The summed E-state index contributed by atoms with van der Waals surface area (Å²) in [5.74, 6) is -1.29. The molecule has 1 saturated heterocycles. The van der Waals surface area contributed by atoms with Crippen LogP contribution in [0.4, 0.5) is 0 Å². The molecule has 13 atom stereocenters. The van der Waals surface area contributed by atoms with Gasteiger partial charge >= 0.3 is 0 Å². The second-order valence-electron chi connectivity index (χ2n) is 12.3. The SMILES string of the molecule is CN[C@@H]1[C@@H](O)[C@@H](O[C@H]2[C@H](NC(=O)[C@@H](O)CCNC(=N)N)C[C@H](N)C([C@H]3OC(CNCC(N)CO)=CC[C@H]3N)[C@@H]2O)OC[C@]1(C)O. The second kappa shape index (κ2) is 16.6. The highest BCUT2D eigenvalue weighted by Gasteiger charge is 2.53. The molecule has 0 spiro atoms. The number of hydrogen-bond donors (Lipinski definition) is 14. The minimum absolute atomic E-state index is 0.0542. The Kier molecular flexibility index (Phi) is 13.7. The van der Waals surface area contributed by atoms with E-state index >= 15 is 0 Å². The van der Waals surface area contributed by atoms with Crippen LogP contribution in [0.15, 0.2) is 11.8 Å². The number of aliphatic hydroxyl groups is 5. The topological polar surface area (TPSA) is 322 Å². The Bertz CT molecular complexity index is 1010. The lowest BCUT2D eigenvalue weighted by Gasteiger charge is -2.50. The van der Waals surface area contributed by atoms with Crippen LogP contribution in [0.2, 0.25) is 0 Å². The lowest BCUT2D eigenvalue weighted by molar-refractivity contribution is -0.297. The van der Waals surface area contributed by atoms with Gasteiger partial charge in [-0.3, -0.25) is 10.2 Å². The molecule has 1 amide bonds. The van der Waals surface area contributed by atoms with Crippen molar-refractivity contribution >= 4 is 11.9 Å². The summed E-state index contributed by atoms with van der Waals surface area (Å²) in [4.78, 5) is 13.0. The van der Waals surface area contributed by atoms with Crippen LogP contribution in [0.5, 0.6) is 0 Å². The van der Waals surface area contributed by atoms with Gasteiger partial charge in [0.15, 0.2) is 12.2 Å². The van der Waals surface area contributed by atoms with Crippen LogP contribution in [0.1, 0.15) is 26.2 Å². The molecule has 18 heteroatoms. The third-order valence-electron chi connectivity index (χ3n) is 8.59. The van der Waals surface area contributed by atoms with E-state index in [0.717, 1.165) is 0 Å². The monoisotopic (exact) mass is 647 g/mol. The van der Waals surface area contributed by atoms with E-state index in [9.17, 15) is 30.3 Å². The molecule has 0 aromatic heterocycles. The Morgan fingerprint density at radius 2 is 1.98 bits per heavy atom. The molecule has 0 radical (unpaired) electrons. The summed E-state index contributed by atoms with van der Waals surface area (Å²) in [6, 6.07) is -3.50. The Morgan fingerprint density at radius 3 is 2.62 bits per heavy atom. The zero-order chi connectivity index (χ0) is 33.5. The van der Waals surface area contributed by atoms with Crippen molar-refractivity contribution in [3.63, 3.8) is 0 Å².